The van der Waals surface area contributed by atoms with Crippen LogP contribution in [0.15, 0.2) is 0 Å². The van der Waals surface area contributed by atoms with Crippen LogP contribution >= 0.6 is 19.8 Å². The second kappa shape index (κ2) is 4.55. The Kier molecular flexibility index (Phi) is 4.00. The van der Waals surface area contributed by atoms with E-state index in [1.807, 2.05) is 0 Å². The Balaban J connectivity index is 2.13. The summed E-state index contributed by atoms with van der Waals surface area (Å²) in [6.07, 6.45) is 6.27. The summed E-state index contributed by atoms with van der Waals surface area (Å²) in [5.74, 6) is 0. The Morgan fingerprint density at radius 2 is 1.90 bits per heavy atom. The lowest BCUT2D eigenvalue weighted by atomic mass is 9.98. The van der Waals surface area contributed by atoms with Crippen LogP contribution in [-0.4, -0.2) is 11.0 Å². The molecule has 0 aromatic heterocycles. The quantitative estimate of drug-likeness (QED) is 0.505. The van der Waals surface area contributed by atoms with Gasteiger partial charge in [-0.3, -0.25) is 0 Å². The Bertz CT molecular complexity index is 93.7. The van der Waals surface area contributed by atoms with E-state index in [1.165, 1.54) is 19.3 Å². The van der Waals surface area contributed by atoms with Gasteiger partial charge in [0.2, 0.25) is 7.58 Å². The molecule has 0 aromatic rings. The van der Waals surface area contributed by atoms with Crippen LogP contribution in [0.3, 0.4) is 0 Å². The van der Waals surface area contributed by atoms with Crippen molar-refractivity contribution in [1.82, 2.24) is 0 Å². The van der Waals surface area contributed by atoms with E-state index < -0.39 is 7.58 Å². The molecule has 0 amide bonds. The molecule has 1 unspecified atom stereocenters. The van der Waals surface area contributed by atoms with Gasteiger partial charge in [0.1, 0.15) is 0 Å². The molecular weight excluding hydrogens is 167 g/mol. The fraction of sp³-hybridized carbons (Fsp3) is 1.00. The van der Waals surface area contributed by atoms with Crippen molar-refractivity contribution in [2.45, 2.75) is 38.2 Å². The molecule has 1 rings (SSSR count). The molecule has 0 aliphatic heterocycles. The minimum Gasteiger partial charge on any atom is -0.342 e. The first-order valence-electron chi connectivity index (χ1n) is 3.63. The summed E-state index contributed by atoms with van der Waals surface area (Å²) in [4.78, 5) is 8.81. The molecule has 0 saturated heterocycles. The summed E-state index contributed by atoms with van der Waals surface area (Å²) in [5, 5.41) is 0. The molecule has 0 spiro atoms. The van der Waals surface area contributed by atoms with Crippen LogP contribution in [0.1, 0.15) is 32.1 Å². The Morgan fingerprint density at radius 1 is 1.30 bits per heavy atom. The van der Waals surface area contributed by atoms with E-state index in [9.17, 15) is 0 Å². The molecule has 0 aromatic carbocycles. The number of thiol groups is 1. The third kappa shape index (κ3) is 3.20. The van der Waals surface area contributed by atoms with Crippen molar-refractivity contribution in [2.75, 3.05) is 0 Å². The normalized spacial score (nSPS) is 24.6. The predicted octanol–water partition coefficient (Wildman–Crippen LogP) is 2.48. The Morgan fingerprint density at radius 3 is 2.40 bits per heavy atom. The summed E-state index contributed by atoms with van der Waals surface area (Å²) in [6, 6.07) is 0. The molecule has 2 nitrogen and oxygen atoms in total. The molecule has 1 saturated carbocycles. The minimum absolute atomic E-state index is 0.280. The van der Waals surface area contributed by atoms with Crippen molar-refractivity contribution in [2.24, 2.45) is 0 Å². The van der Waals surface area contributed by atoms with Crippen LogP contribution in [0, 0.1) is 0 Å². The maximum absolute atomic E-state index is 8.81. The first-order valence-corrected chi connectivity index (χ1v) is 6.00. The first kappa shape index (κ1) is 8.79. The molecule has 1 aliphatic rings. The lowest BCUT2D eigenvalue weighted by Crippen LogP contribution is -2.13. The van der Waals surface area contributed by atoms with E-state index in [0.717, 1.165) is 12.8 Å². The van der Waals surface area contributed by atoms with E-state index in [2.05, 4.69) is 12.2 Å². The molecule has 60 valence electrons. The number of hydrogen-bond acceptors (Lipinski definition) is 3. The molecule has 1 N–H and O–H groups in total. The third-order valence-electron chi connectivity index (χ3n) is 1.80. The second-order valence-corrected chi connectivity index (χ2v) is 4.36. The zero-order chi connectivity index (χ0) is 7.40. The van der Waals surface area contributed by atoms with E-state index in [4.69, 9.17) is 9.42 Å². The maximum atomic E-state index is 8.81. The zero-order valence-electron chi connectivity index (χ0n) is 5.86. The lowest BCUT2D eigenvalue weighted by Gasteiger charge is -2.21. The molecule has 0 bridgehead atoms. The summed E-state index contributed by atoms with van der Waals surface area (Å²) < 4.78 is 5.18. The van der Waals surface area contributed by atoms with Crippen LogP contribution in [0.5, 0.6) is 0 Å². The molecule has 0 heterocycles. The highest BCUT2D eigenvalue weighted by atomic mass is 32.7. The van der Waals surface area contributed by atoms with Gasteiger partial charge in [0.15, 0.2) is 0 Å². The van der Waals surface area contributed by atoms with Crippen molar-refractivity contribution < 1.29 is 9.42 Å². The van der Waals surface area contributed by atoms with Gasteiger partial charge in [-0.1, -0.05) is 31.5 Å². The van der Waals surface area contributed by atoms with Gasteiger partial charge >= 0.3 is 0 Å². The third-order valence-corrected chi connectivity index (χ3v) is 2.57. The van der Waals surface area contributed by atoms with E-state index in [-0.39, 0.29) is 6.10 Å². The summed E-state index contributed by atoms with van der Waals surface area (Å²) in [6.45, 7) is 0. The largest absolute Gasteiger partial charge is 0.342 e. The molecular formula is C6H13O2PS. The van der Waals surface area contributed by atoms with Crippen molar-refractivity contribution in [3.8, 4) is 0 Å². The predicted molar refractivity (Wildman–Crippen MR) is 46.1 cm³/mol. The topological polar surface area (TPSA) is 29.5 Å². The second-order valence-electron chi connectivity index (χ2n) is 2.62. The fourth-order valence-electron chi connectivity index (χ4n) is 1.30. The van der Waals surface area contributed by atoms with Crippen molar-refractivity contribution in [1.29, 1.82) is 0 Å². The van der Waals surface area contributed by atoms with E-state index >= 15 is 0 Å². The molecule has 1 atom stereocenters. The van der Waals surface area contributed by atoms with E-state index in [0.29, 0.717) is 0 Å². The van der Waals surface area contributed by atoms with Gasteiger partial charge in [0, 0.05) is 0 Å². The van der Waals surface area contributed by atoms with Gasteiger partial charge in [0.25, 0.3) is 0 Å². The molecule has 10 heavy (non-hydrogen) atoms. The van der Waals surface area contributed by atoms with Gasteiger partial charge in [-0.15, -0.1) is 0 Å². The van der Waals surface area contributed by atoms with Crippen molar-refractivity contribution in [3.63, 3.8) is 0 Å². The SMILES string of the molecule is OP(S)OC1CCCCC1. The number of hydrogen-bond donors (Lipinski definition) is 2. The summed E-state index contributed by atoms with van der Waals surface area (Å²) in [7, 11) is -1.43. The van der Waals surface area contributed by atoms with E-state index in [1.54, 1.807) is 0 Å². The van der Waals surface area contributed by atoms with Crippen molar-refractivity contribution >= 4 is 19.8 Å². The Labute approximate surface area is 68.0 Å². The standard InChI is InChI=1S/C6H13O2PS/c7-9(10)8-6-4-2-1-3-5-6/h6-7,10H,1-5H2. The first-order chi connectivity index (χ1) is 4.79. The van der Waals surface area contributed by atoms with Gasteiger partial charge in [-0.25, -0.2) is 0 Å². The fourth-order valence-corrected chi connectivity index (χ4v) is 2.18. The molecule has 1 fully saturated rings. The molecule has 4 heteroatoms. The smallest absolute Gasteiger partial charge is 0.232 e. The molecule has 1 aliphatic carbocycles. The van der Waals surface area contributed by atoms with Crippen molar-refractivity contribution in [3.05, 3.63) is 0 Å². The monoisotopic (exact) mass is 180 g/mol. The number of rotatable bonds is 2. The van der Waals surface area contributed by atoms with Crippen LogP contribution < -0.4 is 0 Å². The average molecular weight is 180 g/mol. The van der Waals surface area contributed by atoms with Gasteiger partial charge in [-0.05, 0) is 12.8 Å². The Hall–Kier alpha value is 0.700. The van der Waals surface area contributed by atoms with Gasteiger partial charge in [0.05, 0.1) is 6.10 Å². The average Bonchev–Trinajstić information content (AvgIpc) is 1.88. The maximum Gasteiger partial charge on any atom is 0.232 e. The minimum atomic E-state index is -1.43. The molecule has 0 radical (unpaired) electrons. The zero-order valence-corrected chi connectivity index (χ0v) is 7.65. The summed E-state index contributed by atoms with van der Waals surface area (Å²) >= 11 is 3.81. The summed E-state index contributed by atoms with van der Waals surface area (Å²) in [5.41, 5.74) is 0. The lowest BCUT2D eigenvalue weighted by molar-refractivity contribution is 0.162. The van der Waals surface area contributed by atoms with Crippen LogP contribution in [0.2, 0.25) is 0 Å². The van der Waals surface area contributed by atoms with Gasteiger partial charge < -0.3 is 9.42 Å². The van der Waals surface area contributed by atoms with Crippen LogP contribution in [0.25, 0.3) is 0 Å². The highest BCUT2D eigenvalue weighted by molar-refractivity contribution is 8.41. The van der Waals surface area contributed by atoms with Gasteiger partial charge in [-0.2, -0.15) is 0 Å². The highest BCUT2D eigenvalue weighted by Gasteiger charge is 2.15. The van der Waals surface area contributed by atoms with Crippen LogP contribution in [0.4, 0.5) is 0 Å². The highest BCUT2D eigenvalue weighted by Crippen LogP contribution is 2.40. The van der Waals surface area contributed by atoms with Crippen LogP contribution in [-0.2, 0) is 4.52 Å².